The minimum Gasteiger partial charge on any atom is -0.389 e. The summed E-state index contributed by atoms with van der Waals surface area (Å²) < 4.78 is 0. The Kier molecular flexibility index (Phi) is 5.17. The molecule has 7 rings (SSSR count). The molecule has 4 saturated carbocycles. The van der Waals surface area contributed by atoms with Gasteiger partial charge in [0.05, 0.1) is 12.2 Å². The highest BCUT2D eigenvalue weighted by molar-refractivity contribution is 5.87. The van der Waals surface area contributed by atoms with Crippen molar-refractivity contribution in [2.45, 2.75) is 109 Å². The van der Waals surface area contributed by atoms with Gasteiger partial charge < -0.3 is 5.11 Å². The summed E-state index contributed by atoms with van der Waals surface area (Å²) in [7, 11) is 0. The van der Waals surface area contributed by atoms with Crippen LogP contribution >= 0.6 is 0 Å². The van der Waals surface area contributed by atoms with Crippen molar-refractivity contribution in [2.75, 3.05) is 6.61 Å². The Balaban J connectivity index is 1.36. The molecule has 1 heterocycles. The summed E-state index contributed by atoms with van der Waals surface area (Å²) in [6.45, 7) is 11.4. The van der Waals surface area contributed by atoms with E-state index in [0.717, 1.165) is 64.2 Å². The Labute approximate surface area is 222 Å². The second-order valence-corrected chi connectivity index (χ2v) is 15.0. The highest BCUT2D eigenvalue weighted by Crippen LogP contribution is 2.73. The molecule has 0 amide bonds. The molecule has 0 bridgehead atoms. The Bertz CT molecular complexity index is 1150. The number of ketones is 1. The molecule has 1 unspecified atom stereocenters. The summed E-state index contributed by atoms with van der Waals surface area (Å²) in [5, 5.41) is 12.9. The zero-order chi connectivity index (χ0) is 25.8. The van der Waals surface area contributed by atoms with Crippen LogP contribution in [-0.2, 0) is 27.4 Å². The minimum absolute atomic E-state index is 0.0501. The molecule has 200 valence electrons. The van der Waals surface area contributed by atoms with Crippen molar-refractivity contribution < 1.29 is 19.7 Å². The first kappa shape index (κ1) is 24.5. The quantitative estimate of drug-likeness (QED) is 0.370. The van der Waals surface area contributed by atoms with Crippen LogP contribution in [0.1, 0.15) is 101 Å². The van der Waals surface area contributed by atoms with E-state index in [-0.39, 0.29) is 16.2 Å². The Hall–Kier alpha value is -1.49. The first-order valence-corrected chi connectivity index (χ1v) is 14.8. The number of hydrogen-bond acceptors (Lipinski definition) is 4. The van der Waals surface area contributed by atoms with Crippen LogP contribution in [0.2, 0.25) is 0 Å². The smallest absolute Gasteiger partial charge is 0.139 e. The van der Waals surface area contributed by atoms with Crippen LogP contribution in [-0.4, -0.2) is 28.7 Å². The average molecular weight is 505 g/mol. The van der Waals surface area contributed by atoms with Gasteiger partial charge in [0.25, 0.3) is 0 Å². The van der Waals surface area contributed by atoms with Crippen molar-refractivity contribution in [3.63, 3.8) is 0 Å². The minimum atomic E-state index is -0.774. The summed E-state index contributed by atoms with van der Waals surface area (Å²) in [5.74, 6) is 2.25. The molecule has 5 fully saturated rings. The van der Waals surface area contributed by atoms with E-state index in [0.29, 0.717) is 42.5 Å². The van der Waals surface area contributed by atoms with Crippen molar-refractivity contribution >= 4 is 5.78 Å². The van der Waals surface area contributed by atoms with Gasteiger partial charge in [-0.05, 0) is 104 Å². The number of Topliss-reactive ketones (excluding diaryl/α,β-unsaturated/α-hetero) is 1. The van der Waals surface area contributed by atoms with Crippen LogP contribution in [0.3, 0.4) is 0 Å². The van der Waals surface area contributed by atoms with Gasteiger partial charge in [0.15, 0.2) is 0 Å². The Morgan fingerprint density at radius 1 is 1.14 bits per heavy atom. The molecule has 1 aromatic carbocycles. The van der Waals surface area contributed by atoms with Crippen LogP contribution < -0.4 is 0 Å². The number of aliphatic hydroxyl groups is 1. The van der Waals surface area contributed by atoms with Crippen molar-refractivity contribution in [1.82, 2.24) is 0 Å². The van der Waals surface area contributed by atoms with Crippen molar-refractivity contribution in [1.29, 1.82) is 0 Å². The Morgan fingerprint density at radius 3 is 2.76 bits per heavy atom. The first-order chi connectivity index (χ1) is 17.5. The second kappa shape index (κ2) is 7.79. The summed E-state index contributed by atoms with van der Waals surface area (Å²) in [6, 6.07) is 7.04. The number of allylic oxidation sites excluding steroid dienone is 1. The van der Waals surface area contributed by atoms with Gasteiger partial charge in [-0.25, -0.2) is 9.78 Å². The van der Waals surface area contributed by atoms with Gasteiger partial charge in [-0.2, -0.15) is 0 Å². The van der Waals surface area contributed by atoms with E-state index in [4.69, 9.17) is 9.78 Å². The molecule has 0 radical (unpaired) electrons. The molecule has 4 heteroatoms. The fraction of sp³-hybridized carbons (Fsp3) is 0.727. The van der Waals surface area contributed by atoms with Crippen molar-refractivity contribution in [3.05, 3.63) is 47.5 Å². The fourth-order valence-corrected chi connectivity index (χ4v) is 11.0. The van der Waals surface area contributed by atoms with E-state index in [9.17, 15) is 9.90 Å². The lowest BCUT2D eigenvalue weighted by molar-refractivity contribution is -0.425. The maximum Gasteiger partial charge on any atom is 0.139 e. The molecule has 5 aliphatic carbocycles. The molecule has 1 aliphatic heterocycles. The lowest BCUT2D eigenvalue weighted by atomic mass is 9.36. The first-order valence-electron chi connectivity index (χ1n) is 14.8. The van der Waals surface area contributed by atoms with Crippen LogP contribution in [0.5, 0.6) is 0 Å². The van der Waals surface area contributed by atoms with Gasteiger partial charge in [-0.3, -0.25) is 4.79 Å². The monoisotopic (exact) mass is 504 g/mol. The van der Waals surface area contributed by atoms with Crippen LogP contribution in [0, 0.1) is 34.0 Å². The molecule has 1 saturated heterocycles. The molecule has 0 aromatic heterocycles. The highest BCUT2D eigenvalue weighted by Gasteiger charge is 2.72. The van der Waals surface area contributed by atoms with Gasteiger partial charge in [-0.15, -0.1) is 6.58 Å². The van der Waals surface area contributed by atoms with E-state index in [1.807, 2.05) is 6.08 Å². The molecule has 8 atom stereocenters. The highest BCUT2D eigenvalue weighted by atomic mass is 17.2. The number of hydrogen-bond donors (Lipinski definition) is 1. The summed E-state index contributed by atoms with van der Waals surface area (Å²) in [4.78, 5) is 25.2. The third-order valence-corrected chi connectivity index (χ3v) is 12.3. The van der Waals surface area contributed by atoms with E-state index in [1.54, 1.807) is 0 Å². The van der Waals surface area contributed by atoms with Gasteiger partial charge in [0.1, 0.15) is 11.4 Å². The van der Waals surface area contributed by atoms with Crippen LogP contribution in [0.15, 0.2) is 30.9 Å². The molecule has 1 N–H and O–H groups in total. The maximum absolute atomic E-state index is 13.3. The van der Waals surface area contributed by atoms with Gasteiger partial charge in [-0.1, -0.05) is 45.0 Å². The molecule has 6 aliphatic rings. The maximum atomic E-state index is 13.3. The second-order valence-electron chi connectivity index (χ2n) is 15.0. The van der Waals surface area contributed by atoms with Gasteiger partial charge in [0, 0.05) is 23.7 Å². The zero-order valence-corrected chi connectivity index (χ0v) is 23.0. The third kappa shape index (κ3) is 3.28. The largest absolute Gasteiger partial charge is 0.389 e. The standard InChI is InChI=1S/C33H44O4/c1-5-6-21-7-8-23-22(15-21)16-32-14-13-31(18-29(2,3)20-36-37-31)19-33(32,35)12-11-24-26-9-10-27(34)30(26,4)17-25(23)28(24)32/h5,7-8,15,24-26,28,35H,1,6,9-14,16-20H2,2-4H3/t24-,25+,26-,28+,30-,31?,32-,33+/m0/s1. The predicted molar refractivity (Wildman–Crippen MR) is 143 cm³/mol. The normalized spacial score (nSPS) is 47.5. The molecular formula is C33H44O4. The molecule has 37 heavy (non-hydrogen) atoms. The van der Waals surface area contributed by atoms with E-state index < -0.39 is 11.2 Å². The number of rotatable bonds is 2. The summed E-state index contributed by atoms with van der Waals surface area (Å²) in [6.07, 6.45) is 11.9. The zero-order valence-electron chi connectivity index (χ0n) is 23.0. The third-order valence-electron chi connectivity index (χ3n) is 12.3. The average Bonchev–Trinajstić information content (AvgIpc) is 3.13. The summed E-state index contributed by atoms with van der Waals surface area (Å²) >= 11 is 0. The number of carbonyl (C=O) groups is 1. The van der Waals surface area contributed by atoms with Crippen LogP contribution in [0.4, 0.5) is 0 Å². The van der Waals surface area contributed by atoms with Gasteiger partial charge >= 0.3 is 0 Å². The molecule has 2 spiro atoms. The number of fused-ring (bicyclic) bond motifs is 4. The van der Waals surface area contributed by atoms with E-state index in [1.165, 1.54) is 16.7 Å². The predicted octanol–water partition coefficient (Wildman–Crippen LogP) is 6.49. The summed E-state index contributed by atoms with van der Waals surface area (Å²) in [5.41, 5.74) is 2.66. The molecule has 4 nitrogen and oxygen atoms in total. The van der Waals surface area contributed by atoms with Crippen molar-refractivity contribution in [3.8, 4) is 0 Å². The van der Waals surface area contributed by atoms with Crippen molar-refractivity contribution in [2.24, 2.45) is 34.0 Å². The van der Waals surface area contributed by atoms with E-state index >= 15 is 0 Å². The van der Waals surface area contributed by atoms with Gasteiger partial charge in [0.2, 0.25) is 0 Å². The fourth-order valence-electron chi connectivity index (χ4n) is 11.0. The lowest BCUT2D eigenvalue weighted by Gasteiger charge is -2.70. The SMILES string of the molecule is C=CCc1ccc2c(c1)C[C@]13CCC4(CC(C)(C)COO4)C[C@]1(O)CC[C@@H]1[C@@H]3[C@@H]2C[C@]2(C)C(=O)CC[C@@H]12. The van der Waals surface area contributed by atoms with E-state index in [2.05, 4.69) is 45.5 Å². The Morgan fingerprint density at radius 2 is 1.97 bits per heavy atom. The topological polar surface area (TPSA) is 55.8 Å². The molecular weight excluding hydrogens is 460 g/mol. The number of benzene rings is 1. The lowest BCUT2D eigenvalue weighted by Crippen LogP contribution is -2.70. The molecule has 1 aromatic rings. The van der Waals surface area contributed by atoms with Crippen LogP contribution in [0.25, 0.3) is 0 Å². The number of carbonyl (C=O) groups excluding carboxylic acids is 1.